The number of anilines is 2. The number of ether oxygens (including phenoxy) is 1. The van der Waals surface area contributed by atoms with Gasteiger partial charge in [-0.3, -0.25) is 0 Å². The zero-order valence-corrected chi connectivity index (χ0v) is 21.3. The van der Waals surface area contributed by atoms with Gasteiger partial charge < -0.3 is 14.5 Å². The summed E-state index contributed by atoms with van der Waals surface area (Å²) in [4.78, 5) is 4.74. The van der Waals surface area contributed by atoms with Crippen molar-refractivity contribution in [2.75, 3.05) is 43.1 Å². The molecule has 0 saturated carbocycles. The van der Waals surface area contributed by atoms with Crippen molar-refractivity contribution in [2.45, 2.75) is 27.7 Å². The summed E-state index contributed by atoms with van der Waals surface area (Å²) in [7, 11) is 1.69. The van der Waals surface area contributed by atoms with Crippen molar-refractivity contribution in [3.8, 4) is 5.75 Å². The highest BCUT2D eigenvalue weighted by molar-refractivity contribution is 5.82. The van der Waals surface area contributed by atoms with Crippen LogP contribution in [0.15, 0.2) is 84.9 Å². The minimum absolute atomic E-state index is 0.870. The minimum atomic E-state index is 0.870. The van der Waals surface area contributed by atoms with Crippen LogP contribution < -0.4 is 14.5 Å². The largest absolute Gasteiger partial charge is 0.497 e. The van der Waals surface area contributed by atoms with Crippen molar-refractivity contribution in [2.24, 2.45) is 0 Å². The molecule has 3 rings (SSSR count). The van der Waals surface area contributed by atoms with Crippen LogP contribution in [0.1, 0.15) is 44.4 Å². The highest BCUT2D eigenvalue weighted by Gasteiger charge is 2.08. The monoisotopic (exact) mass is 454 g/mol. The third-order valence-corrected chi connectivity index (χ3v) is 6.28. The van der Waals surface area contributed by atoms with Gasteiger partial charge in [0.2, 0.25) is 0 Å². The van der Waals surface area contributed by atoms with Crippen molar-refractivity contribution in [3.05, 3.63) is 102 Å². The Labute approximate surface area is 206 Å². The van der Waals surface area contributed by atoms with Crippen LogP contribution in [0, 0.1) is 0 Å². The molecular weight excluding hydrogens is 416 g/mol. The van der Waals surface area contributed by atoms with Crippen LogP contribution in [-0.4, -0.2) is 33.3 Å². The van der Waals surface area contributed by atoms with E-state index in [1.165, 1.54) is 28.1 Å². The van der Waals surface area contributed by atoms with E-state index in [-0.39, 0.29) is 0 Å². The summed E-state index contributed by atoms with van der Waals surface area (Å²) in [6.45, 7) is 12.8. The molecule has 0 fully saturated rings. The highest BCUT2D eigenvalue weighted by Crippen LogP contribution is 2.28. The van der Waals surface area contributed by atoms with Crippen molar-refractivity contribution in [1.29, 1.82) is 0 Å². The predicted molar refractivity (Wildman–Crippen MR) is 149 cm³/mol. The quantitative estimate of drug-likeness (QED) is 0.278. The molecule has 0 saturated heterocycles. The fourth-order valence-corrected chi connectivity index (χ4v) is 4.21. The lowest BCUT2D eigenvalue weighted by atomic mass is 9.96. The SMILES string of the molecule is CCN(CC)c1ccc(C(=C/C=C/c2ccc(OC)cc2)c2ccc(N(CC)CC)cc2)cc1. The number of rotatable bonds is 11. The van der Waals surface area contributed by atoms with Crippen LogP contribution >= 0.6 is 0 Å². The maximum absolute atomic E-state index is 5.27. The molecule has 0 unspecified atom stereocenters. The maximum atomic E-state index is 5.27. The van der Waals surface area contributed by atoms with Crippen LogP contribution in [0.5, 0.6) is 5.75 Å². The topological polar surface area (TPSA) is 15.7 Å². The van der Waals surface area contributed by atoms with E-state index in [4.69, 9.17) is 4.74 Å². The summed E-state index contributed by atoms with van der Waals surface area (Å²) in [5, 5.41) is 0. The molecule has 3 heteroatoms. The van der Waals surface area contributed by atoms with Crippen molar-refractivity contribution < 1.29 is 4.74 Å². The number of hydrogen-bond acceptors (Lipinski definition) is 3. The van der Waals surface area contributed by atoms with E-state index in [2.05, 4.69) is 116 Å². The summed E-state index contributed by atoms with van der Waals surface area (Å²) in [6, 6.07) is 26.0. The van der Waals surface area contributed by atoms with E-state index in [1.54, 1.807) is 7.11 Å². The summed E-state index contributed by atoms with van der Waals surface area (Å²) in [5.41, 5.74) is 7.31. The first-order valence-corrected chi connectivity index (χ1v) is 12.4. The fraction of sp³-hybridized carbons (Fsp3) is 0.290. The zero-order valence-electron chi connectivity index (χ0n) is 21.3. The Balaban J connectivity index is 1.95. The van der Waals surface area contributed by atoms with Gasteiger partial charge in [0.05, 0.1) is 7.11 Å². The van der Waals surface area contributed by atoms with Crippen LogP contribution in [0.3, 0.4) is 0 Å². The minimum Gasteiger partial charge on any atom is -0.497 e. The summed E-state index contributed by atoms with van der Waals surface area (Å²) in [6.07, 6.45) is 6.48. The summed E-state index contributed by atoms with van der Waals surface area (Å²) in [5.74, 6) is 0.870. The van der Waals surface area contributed by atoms with Gasteiger partial charge in [-0.05, 0) is 86.4 Å². The first-order chi connectivity index (χ1) is 16.6. The molecule has 0 N–H and O–H groups in total. The predicted octanol–water partition coefficient (Wildman–Crippen LogP) is 7.53. The first-order valence-electron chi connectivity index (χ1n) is 12.4. The van der Waals surface area contributed by atoms with Gasteiger partial charge in [0.1, 0.15) is 5.75 Å². The van der Waals surface area contributed by atoms with E-state index < -0.39 is 0 Å². The molecule has 0 aliphatic heterocycles. The Morgan fingerprint density at radius 3 is 1.47 bits per heavy atom. The smallest absolute Gasteiger partial charge is 0.118 e. The number of hydrogen-bond donors (Lipinski definition) is 0. The molecule has 0 aromatic heterocycles. The Morgan fingerprint density at radius 2 is 1.09 bits per heavy atom. The summed E-state index contributed by atoms with van der Waals surface area (Å²) < 4.78 is 5.27. The third-order valence-electron chi connectivity index (χ3n) is 6.28. The lowest BCUT2D eigenvalue weighted by Gasteiger charge is -2.22. The molecule has 0 bridgehead atoms. The standard InChI is InChI=1S/C31H38N2O/c1-6-32(7-2)28-19-15-26(16-20-28)31(12-10-11-25-13-23-30(34-5)24-14-25)27-17-21-29(22-18-27)33(8-3)9-4/h10-24H,6-9H2,1-5H3/b11-10+. The molecule has 3 nitrogen and oxygen atoms in total. The lowest BCUT2D eigenvalue weighted by molar-refractivity contribution is 0.415. The molecule has 3 aromatic rings. The Hall–Kier alpha value is -3.46. The van der Waals surface area contributed by atoms with Gasteiger partial charge in [-0.15, -0.1) is 0 Å². The number of benzene rings is 3. The highest BCUT2D eigenvalue weighted by atomic mass is 16.5. The van der Waals surface area contributed by atoms with E-state index in [0.29, 0.717) is 0 Å². The number of nitrogens with zero attached hydrogens (tertiary/aromatic N) is 2. The van der Waals surface area contributed by atoms with Crippen molar-refractivity contribution >= 4 is 23.0 Å². The van der Waals surface area contributed by atoms with Crippen LogP contribution in [0.2, 0.25) is 0 Å². The van der Waals surface area contributed by atoms with Gasteiger partial charge in [-0.1, -0.05) is 54.6 Å². The van der Waals surface area contributed by atoms with Gasteiger partial charge in [0.15, 0.2) is 0 Å². The summed E-state index contributed by atoms with van der Waals surface area (Å²) >= 11 is 0. The molecule has 0 aliphatic carbocycles. The molecule has 0 radical (unpaired) electrons. The maximum Gasteiger partial charge on any atom is 0.118 e. The molecule has 0 atom stereocenters. The average molecular weight is 455 g/mol. The second-order valence-electron chi connectivity index (χ2n) is 8.15. The van der Waals surface area contributed by atoms with Gasteiger partial charge in [-0.25, -0.2) is 0 Å². The van der Waals surface area contributed by atoms with Gasteiger partial charge in [-0.2, -0.15) is 0 Å². The molecule has 0 heterocycles. The number of allylic oxidation sites excluding steroid dienone is 2. The first kappa shape index (κ1) is 25.2. The molecule has 178 valence electrons. The molecule has 0 aliphatic rings. The molecule has 3 aromatic carbocycles. The average Bonchev–Trinajstić information content (AvgIpc) is 2.89. The second kappa shape index (κ2) is 12.7. The lowest BCUT2D eigenvalue weighted by Crippen LogP contribution is -2.21. The third kappa shape index (κ3) is 6.32. The Morgan fingerprint density at radius 1 is 0.647 bits per heavy atom. The van der Waals surface area contributed by atoms with Crippen molar-refractivity contribution in [3.63, 3.8) is 0 Å². The zero-order chi connectivity index (χ0) is 24.3. The Kier molecular flexibility index (Phi) is 9.40. The van der Waals surface area contributed by atoms with Gasteiger partial charge in [0.25, 0.3) is 0 Å². The molecular formula is C31H38N2O. The molecule has 0 spiro atoms. The Bertz CT molecular complexity index is 998. The fourth-order valence-electron chi connectivity index (χ4n) is 4.21. The van der Waals surface area contributed by atoms with Crippen LogP contribution in [0.25, 0.3) is 11.6 Å². The normalized spacial score (nSPS) is 10.9. The second-order valence-corrected chi connectivity index (χ2v) is 8.15. The van der Waals surface area contributed by atoms with Crippen LogP contribution in [-0.2, 0) is 0 Å². The van der Waals surface area contributed by atoms with Gasteiger partial charge in [0, 0.05) is 37.6 Å². The van der Waals surface area contributed by atoms with Gasteiger partial charge >= 0.3 is 0 Å². The van der Waals surface area contributed by atoms with E-state index in [1.807, 2.05) is 12.1 Å². The molecule has 0 amide bonds. The number of methoxy groups -OCH3 is 1. The van der Waals surface area contributed by atoms with Crippen molar-refractivity contribution in [1.82, 2.24) is 0 Å². The molecule has 34 heavy (non-hydrogen) atoms. The van der Waals surface area contributed by atoms with E-state index >= 15 is 0 Å². The van der Waals surface area contributed by atoms with E-state index in [9.17, 15) is 0 Å². The van der Waals surface area contributed by atoms with Crippen LogP contribution in [0.4, 0.5) is 11.4 Å². The van der Waals surface area contributed by atoms with E-state index in [0.717, 1.165) is 37.5 Å².